The zero-order valence-corrected chi connectivity index (χ0v) is 16.9. The van der Waals surface area contributed by atoms with Crippen LogP contribution < -0.4 is 0 Å². The highest BCUT2D eigenvalue weighted by molar-refractivity contribution is 5.89. The molecule has 1 aliphatic carbocycles. The van der Waals surface area contributed by atoms with Gasteiger partial charge in [0.05, 0.1) is 5.60 Å². The summed E-state index contributed by atoms with van der Waals surface area (Å²) in [4.78, 5) is 24.1. The number of rotatable bonds is 1. The maximum absolute atomic E-state index is 12.4. The van der Waals surface area contributed by atoms with Gasteiger partial charge in [0.15, 0.2) is 0 Å². The number of carbonyl (C=O) groups excluding carboxylic acids is 2. The Morgan fingerprint density at radius 2 is 1.96 bits per heavy atom. The summed E-state index contributed by atoms with van der Waals surface area (Å²) in [6.45, 7) is 11.1. The van der Waals surface area contributed by atoms with E-state index in [2.05, 4.69) is 25.7 Å². The van der Waals surface area contributed by atoms with E-state index >= 15 is 0 Å². The van der Waals surface area contributed by atoms with E-state index in [9.17, 15) is 14.7 Å². The number of carbonyl (C=O) groups is 2. The Morgan fingerprint density at radius 1 is 1.30 bits per heavy atom. The maximum atomic E-state index is 12.4. The van der Waals surface area contributed by atoms with Crippen LogP contribution in [0.5, 0.6) is 0 Å². The van der Waals surface area contributed by atoms with Crippen LogP contribution in [0.15, 0.2) is 35.5 Å². The van der Waals surface area contributed by atoms with Gasteiger partial charge in [-0.05, 0) is 52.9 Å². The summed E-state index contributed by atoms with van der Waals surface area (Å²) >= 11 is 0. The zero-order chi connectivity index (χ0) is 20.2. The maximum Gasteiger partial charge on any atom is 0.334 e. The second-order valence-corrected chi connectivity index (χ2v) is 8.15. The first-order valence-electron chi connectivity index (χ1n) is 9.70. The summed E-state index contributed by atoms with van der Waals surface area (Å²) in [5.41, 5.74) is 1.54. The lowest BCUT2D eigenvalue weighted by Crippen LogP contribution is -2.49. The lowest BCUT2D eigenvalue weighted by atomic mass is 9.78. The molecule has 0 aromatic heterocycles. The van der Waals surface area contributed by atoms with Crippen LogP contribution in [-0.2, 0) is 19.1 Å². The molecule has 0 spiro atoms. The van der Waals surface area contributed by atoms with Crippen molar-refractivity contribution in [2.24, 2.45) is 5.92 Å². The van der Waals surface area contributed by atoms with Gasteiger partial charge in [0, 0.05) is 24.8 Å². The molecule has 2 aliphatic rings. The minimum atomic E-state index is -1.15. The Morgan fingerprint density at radius 3 is 2.63 bits per heavy atom. The molecule has 0 unspecified atom stereocenters. The highest BCUT2D eigenvalue weighted by Gasteiger charge is 2.45. The third kappa shape index (κ3) is 5.80. The van der Waals surface area contributed by atoms with Crippen LogP contribution >= 0.6 is 0 Å². The molecular weight excluding hydrogens is 344 g/mol. The van der Waals surface area contributed by atoms with Crippen LogP contribution in [0.4, 0.5) is 0 Å². The molecule has 1 saturated heterocycles. The molecule has 5 heteroatoms. The van der Waals surface area contributed by atoms with Crippen molar-refractivity contribution in [3.05, 3.63) is 35.5 Å². The molecule has 1 fully saturated rings. The van der Waals surface area contributed by atoms with Crippen LogP contribution in [0, 0.1) is 5.92 Å². The standard InChI is InChI=1S/C22H32O5/c1-14-8-6-9-15(2)12-19(26-17(4)23)18-13-20(27-21(24)16(18)3)22(5,25)11-7-10-14/h9-10,18-20,25H,3,6-8,11-13H2,1-2,4-5H3/b14-10-,15-9-/t18-,19-,20+,22-/m1/s1. The van der Waals surface area contributed by atoms with Crippen molar-refractivity contribution in [3.63, 3.8) is 0 Å². The Balaban J connectivity index is 2.38. The molecular formula is C22H32O5. The fraction of sp³-hybridized carbons (Fsp3) is 0.636. The summed E-state index contributed by atoms with van der Waals surface area (Å²) in [5.74, 6) is -1.27. The smallest absolute Gasteiger partial charge is 0.334 e. The fourth-order valence-electron chi connectivity index (χ4n) is 3.83. The van der Waals surface area contributed by atoms with Gasteiger partial charge in [0.25, 0.3) is 0 Å². The Hall–Kier alpha value is -1.88. The summed E-state index contributed by atoms with van der Waals surface area (Å²) in [6, 6.07) is 0. The Bertz CT molecular complexity index is 656. The van der Waals surface area contributed by atoms with Crippen molar-refractivity contribution in [2.45, 2.75) is 84.0 Å². The van der Waals surface area contributed by atoms with Crippen LogP contribution in [0.3, 0.4) is 0 Å². The number of ether oxygens (including phenoxy) is 2. The van der Waals surface area contributed by atoms with Gasteiger partial charge in [-0.3, -0.25) is 4.79 Å². The third-order valence-corrected chi connectivity index (χ3v) is 5.58. The molecule has 150 valence electrons. The van der Waals surface area contributed by atoms with Gasteiger partial charge in [-0.1, -0.05) is 29.9 Å². The van der Waals surface area contributed by atoms with Gasteiger partial charge in [0.2, 0.25) is 0 Å². The summed E-state index contributed by atoms with van der Waals surface area (Å²) in [5, 5.41) is 11.0. The topological polar surface area (TPSA) is 72.8 Å². The van der Waals surface area contributed by atoms with Gasteiger partial charge in [-0.2, -0.15) is 0 Å². The summed E-state index contributed by atoms with van der Waals surface area (Å²) in [6.07, 6.45) is 7.17. The van der Waals surface area contributed by atoms with E-state index in [1.807, 2.05) is 6.92 Å². The monoisotopic (exact) mass is 376 g/mol. The van der Waals surface area contributed by atoms with Gasteiger partial charge in [-0.25, -0.2) is 4.79 Å². The minimum absolute atomic E-state index is 0.309. The van der Waals surface area contributed by atoms with Gasteiger partial charge in [0.1, 0.15) is 12.2 Å². The fourth-order valence-corrected chi connectivity index (χ4v) is 3.83. The summed E-state index contributed by atoms with van der Waals surface area (Å²) in [7, 11) is 0. The molecule has 1 aliphatic heterocycles. The average molecular weight is 376 g/mol. The molecule has 0 aromatic carbocycles. The van der Waals surface area contributed by atoms with Crippen molar-refractivity contribution in [1.82, 2.24) is 0 Å². The first-order chi connectivity index (χ1) is 12.6. The first-order valence-corrected chi connectivity index (χ1v) is 9.70. The molecule has 27 heavy (non-hydrogen) atoms. The molecule has 2 rings (SSSR count). The van der Waals surface area contributed by atoms with Gasteiger partial charge in [-0.15, -0.1) is 0 Å². The molecule has 0 aromatic rings. The van der Waals surface area contributed by atoms with E-state index in [-0.39, 0.29) is 11.9 Å². The van der Waals surface area contributed by atoms with Crippen LogP contribution in [0.2, 0.25) is 0 Å². The van der Waals surface area contributed by atoms with Crippen LogP contribution in [-0.4, -0.2) is 34.9 Å². The van der Waals surface area contributed by atoms with E-state index in [1.165, 1.54) is 12.5 Å². The number of allylic oxidation sites excluding steroid dienone is 3. The number of hydrogen-bond acceptors (Lipinski definition) is 5. The normalized spacial score (nSPS) is 37.1. The zero-order valence-electron chi connectivity index (χ0n) is 16.9. The molecule has 2 bridgehead atoms. The molecule has 0 radical (unpaired) electrons. The van der Waals surface area contributed by atoms with Crippen molar-refractivity contribution < 1.29 is 24.2 Å². The number of esters is 2. The SMILES string of the molecule is C=C1C(=O)O[C@H]2C[C@H]1[C@H](OC(C)=O)C/C(C)=C\CC/C(C)=C\CC[C@@]2(C)O. The molecule has 4 atom stereocenters. The molecule has 1 N–H and O–H groups in total. The molecule has 1 heterocycles. The lowest BCUT2D eigenvalue weighted by Gasteiger charge is -2.40. The predicted octanol–water partition coefficient (Wildman–Crippen LogP) is 4.01. The third-order valence-electron chi connectivity index (χ3n) is 5.58. The van der Waals surface area contributed by atoms with Crippen molar-refractivity contribution >= 4 is 11.9 Å². The predicted molar refractivity (Wildman–Crippen MR) is 104 cm³/mol. The van der Waals surface area contributed by atoms with Crippen molar-refractivity contribution in [1.29, 1.82) is 0 Å². The van der Waals surface area contributed by atoms with Crippen LogP contribution in [0.25, 0.3) is 0 Å². The van der Waals surface area contributed by atoms with E-state index in [0.717, 1.165) is 18.4 Å². The summed E-state index contributed by atoms with van der Waals surface area (Å²) < 4.78 is 11.1. The minimum Gasteiger partial charge on any atom is -0.462 e. The second kappa shape index (κ2) is 8.87. The molecule has 0 amide bonds. The van der Waals surface area contributed by atoms with Crippen LogP contribution in [0.1, 0.15) is 66.2 Å². The second-order valence-electron chi connectivity index (χ2n) is 8.15. The largest absolute Gasteiger partial charge is 0.462 e. The van der Waals surface area contributed by atoms with Crippen molar-refractivity contribution in [3.8, 4) is 0 Å². The lowest BCUT2D eigenvalue weighted by molar-refractivity contribution is -0.174. The van der Waals surface area contributed by atoms with Gasteiger partial charge < -0.3 is 14.6 Å². The number of hydrogen-bond donors (Lipinski definition) is 1. The Labute approximate surface area is 162 Å². The quantitative estimate of drug-likeness (QED) is 0.425. The van der Waals surface area contributed by atoms with Gasteiger partial charge >= 0.3 is 11.9 Å². The molecule has 5 nitrogen and oxygen atoms in total. The highest BCUT2D eigenvalue weighted by atomic mass is 16.6. The Kier molecular flexibility index (Phi) is 7.04. The van der Waals surface area contributed by atoms with E-state index in [0.29, 0.717) is 31.3 Å². The first kappa shape index (κ1) is 21.4. The molecule has 0 saturated carbocycles. The van der Waals surface area contributed by atoms with E-state index in [4.69, 9.17) is 9.47 Å². The van der Waals surface area contributed by atoms with E-state index < -0.39 is 23.8 Å². The highest BCUT2D eigenvalue weighted by Crippen LogP contribution is 2.37. The van der Waals surface area contributed by atoms with E-state index in [1.54, 1.807) is 6.92 Å². The average Bonchev–Trinajstić information content (AvgIpc) is 2.55. The number of aliphatic hydroxyl groups is 1. The van der Waals surface area contributed by atoms with Crippen molar-refractivity contribution in [2.75, 3.05) is 0 Å². The number of fused-ring (bicyclic) bond motifs is 2.